The summed E-state index contributed by atoms with van der Waals surface area (Å²) in [5.41, 5.74) is 0.500. The van der Waals surface area contributed by atoms with Gasteiger partial charge in [0.2, 0.25) is 0 Å². The second kappa shape index (κ2) is 4.48. The van der Waals surface area contributed by atoms with Crippen molar-refractivity contribution in [3.8, 4) is 6.07 Å². The molecule has 66 valence electrons. The first kappa shape index (κ1) is 9.56. The Bertz CT molecular complexity index is 354. The number of pyridine rings is 1. The van der Waals surface area contributed by atoms with Gasteiger partial charge in [-0.15, -0.1) is 0 Å². The minimum Gasteiger partial charge on any atom is -0.364 e. The van der Waals surface area contributed by atoms with Crippen LogP contribution in [0.15, 0.2) is 29.9 Å². The monoisotopic (exact) mass is 193 g/mol. The van der Waals surface area contributed by atoms with Gasteiger partial charge in [0, 0.05) is 11.2 Å². The number of anilines is 1. The summed E-state index contributed by atoms with van der Waals surface area (Å²) in [5, 5.41) is 12.1. The van der Waals surface area contributed by atoms with Crippen LogP contribution in [-0.4, -0.2) is 11.5 Å². The van der Waals surface area contributed by atoms with E-state index in [1.807, 2.05) is 6.07 Å². The highest BCUT2D eigenvalue weighted by Gasteiger charge is 2.00. The fourth-order valence-electron chi connectivity index (χ4n) is 0.816. The summed E-state index contributed by atoms with van der Waals surface area (Å²) in [5.74, 6) is 0.534. The maximum atomic E-state index is 8.70. The largest absolute Gasteiger partial charge is 0.364 e. The van der Waals surface area contributed by atoms with Crippen molar-refractivity contribution < 1.29 is 0 Å². The molecule has 1 N–H and O–H groups in total. The summed E-state index contributed by atoms with van der Waals surface area (Å²) in [4.78, 5) is 3.99. The molecule has 0 unspecified atom stereocenters. The Balaban J connectivity index is 2.77. The number of aromatic nitrogens is 1. The summed E-state index contributed by atoms with van der Waals surface area (Å²) in [7, 11) is 0. The molecule has 3 nitrogen and oxygen atoms in total. The van der Waals surface area contributed by atoms with Gasteiger partial charge in [-0.05, 0) is 12.1 Å². The van der Waals surface area contributed by atoms with E-state index < -0.39 is 0 Å². The third kappa shape index (κ3) is 2.77. The van der Waals surface area contributed by atoms with Gasteiger partial charge in [-0.2, -0.15) is 5.26 Å². The number of nitrogens with one attached hydrogen (secondary N) is 1. The molecule has 1 aromatic heterocycles. The van der Waals surface area contributed by atoms with Crippen LogP contribution in [0.25, 0.3) is 0 Å². The van der Waals surface area contributed by atoms with Crippen molar-refractivity contribution in [3.05, 3.63) is 35.5 Å². The van der Waals surface area contributed by atoms with Crippen molar-refractivity contribution in [1.82, 2.24) is 4.98 Å². The molecule has 0 fully saturated rings. The van der Waals surface area contributed by atoms with Crippen molar-refractivity contribution in [2.75, 3.05) is 11.9 Å². The predicted molar refractivity (Wildman–Crippen MR) is 52.4 cm³/mol. The number of rotatable bonds is 3. The van der Waals surface area contributed by atoms with E-state index in [1.165, 1.54) is 0 Å². The molecule has 0 aliphatic rings. The Morgan fingerprint density at radius 2 is 2.54 bits per heavy atom. The summed E-state index contributed by atoms with van der Waals surface area (Å²) in [6.07, 6.45) is 1.61. The highest BCUT2D eigenvalue weighted by molar-refractivity contribution is 6.29. The molecule has 1 aromatic rings. The van der Waals surface area contributed by atoms with Crippen molar-refractivity contribution >= 4 is 17.4 Å². The normalized spacial score (nSPS) is 8.92. The van der Waals surface area contributed by atoms with Crippen LogP contribution in [0.5, 0.6) is 0 Å². The third-order valence-corrected chi connectivity index (χ3v) is 1.51. The molecular formula is C9H8ClN3. The van der Waals surface area contributed by atoms with Gasteiger partial charge in [-0.25, -0.2) is 4.98 Å². The van der Waals surface area contributed by atoms with E-state index in [-0.39, 0.29) is 0 Å². The van der Waals surface area contributed by atoms with Gasteiger partial charge >= 0.3 is 0 Å². The van der Waals surface area contributed by atoms with Gasteiger partial charge in [0.1, 0.15) is 11.9 Å². The molecule has 0 amide bonds. The molecule has 0 aliphatic carbocycles. The Labute approximate surface area is 81.7 Å². The van der Waals surface area contributed by atoms with Crippen LogP contribution in [0.4, 0.5) is 5.82 Å². The fourth-order valence-corrected chi connectivity index (χ4v) is 0.883. The summed E-state index contributed by atoms with van der Waals surface area (Å²) < 4.78 is 0. The Hall–Kier alpha value is -1.53. The first-order valence-corrected chi connectivity index (χ1v) is 4.04. The van der Waals surface area contributed by atoms with Crippen LogP contribution in [0.3, 0.4) is 0 Å². The second-order valence-electron chi connectivity index (χ2n) is 2.38. The molecular weight excluding hydrogens is 186 g/mol. The lowest BCUT2D eigenvalue weighted by molar-refractivity contribution is 1.21. The molecule has 13 heavy (non-hydrogen) atoms. The topological polar surface area (TPSA) is 48.7 Å². The first-order valence-electron chi connectivity index (χ1n) is 3.66. The third-order valence-electron chi connectivity index (χ3n) is 1.38. The van der Waals surface area contributed by atoms with Gasteiger partial charge in [0.25, 0.3) is 0 Å². The first-order chi connectivity index (χ1) is 6.24. The van der Waals surface area contributed by atoms with E-state index in [2.05, 4.69) is 16.9 Å². The van der Waals surface area contributed by atoms with Crippen LogP contribution in [0.1, 0.15) is 5.56 Å². The van der Waals surface area contributed by atoms with E-state index in [9.17, 15) is 0 Å². The molecule has 0 aromatic carbocycles. The number of halogens is 1. The zero-order valence-electron chi connectivity index (χ0n) is 6.92. The molecule has 4 heteroatoms. The Morgan fingerprint density at radius 1 is 1.77 bits per heavy atom. The minimum absolute atomic E-state index is 0.410. The second-order valence-corrected chi connectivity index (χ2v) is 2.92. The molecule has 0 aliphatic heterocycles. The summed E-state index contributed by atoms with van der Waals surface area (Å²) in [6.45, 7) is 3.93. The lowest BCUT2D eigenvalue weighted by atomic mass is 10.3. The molecule has 0 bridgehead atoms. The summed E-state index contributed by atoms with van der Waals surface area (Å²) >= 11 is 5.56. The maximum absolute atomic E-state index is 8.70. The van der Waals surface area contributed by atoms with E-state index >= 15 is 0 Å². The maximum Gasteiger partial charge on any atom is 0.144 e. The van der Waals surface area contributed by atoms with Crippen LogP contribution in [0.2, 0.25) is 0 Å². The highest BCUT2D eigenvalue weighted by Crippen LogP contribution is 2.10. The van der Waals surface area contributed by atoms with Crippen molar-refractivity contribution in [1.29, 1.82) is 5.26 Å². The van der Waals surface area contributed by atoms with Crippen molar-refractivity contribution in [2.45, 2.75) is 0 Å². The number of nitrogens with zero attached hydrogens (tertiary/aromatic N) is 2. The Kier molecular flexibility index (Phi) is 3.30. The average molecular weight is 194 g/mol. The number of hydrogen-bond acceptors (Lipinski definition) is 3. The highest BCUT2D eigenvalue weighted by atomic mass is 35.5. The minimum atomic E-state index is 0.410. The zero-order chi connectivity index (χ0) is 9.68. The lowest BCUT2D eigenvalue weighted by Gasteiger charge is -2.04. The fraction of sp³-hybridized carbons (Fsp3) is 0.111. The molecule has 1 rings (SSSR count). The SMILES string of the molecule is C=C(Cl)CNc1ncccc1C#N. The van der Waals surface area contributed by atoms with E-state index in [4.69, 9.17) is 16.9 Å². The molecule has 0 saturated heterocycles. The average Bonchev–Trinajstić information content (AvgIpc) is 2.15. The van der Waals surface area contributed by atoms with Gasteiger partial charge in [-0.1, -0.05) is 18.2 Å². The molecule has 0 spiro atoms. The Morgan fingerprint density at radius 3 is 3.15 bits per heavy atom. The van der Waals surface area contributed by atoms with Crippen LogP contribution in [-0.2, 0) is 0 Å². The molecule has 0 radical (unpaired) electrons. The quantitative estimate of drug-likeness (QED) is 0.800. The van der Waals surface area contributed by atoms with E-state index in [0.717, 1.165) is 0 Å². The predicted octanol–water partition coefficient (Wildman–Crippen LogP) is 2.12. The lowest BCUT2D eigenvalue weighted by Crippen LogP contribution is -2.04. The van der Waals surface area contributed by atoms with Crippen molar-refractivity contribution in [2.24, 2.45) is 0 Å². The molecule has 0 atom stereocenters. The van der Waals surface area contributed by atoms with Crippen molar-refractivity contribution in [3.63, 3.8) is 0 Å². The standard InChI is InChI=1S/C9H8ClN3/c1-7(10)6-13-9-8(5-11)3-2-4-12-9/h2-4H,1,6H2,(H,12,13). The number of hydrogen-bond donors (Lipinski definition) is 1. The van der Waals surface area contributed by atoms with E-state index in [0.29, 0.717) is 23.0 Å². The zero-order valence-corrected chi connectivity index (χ0v) is 7.67. The van der Waals surface area contributed by atoms with Crippen LogP contribution >= 0.6 is 11.6 Å². The summed E-state index contributed by atoms with van der Waals surface area (Å²) in [6, 6.07) is 5.42. The smallest absolute Gasteiger partial charge is 0.144 e. The van der Waals surface area contributed by atoms with Crippen LogP contribution < -0.4 is 5.32 Å². The van der Waals surface area contributed by atoms with Gasteiger partial charge in [0.15, 0.2) is 0 Å². The molecule has 0 saturated carbocycles. The van der Waals surface area contributed by atoms with Crippen LogP contribution in [0, 0.1) is 11.3 Å². The van der Waals surface area contributed by atoms with Gasteiger partial charge < -0.3 is 5.32 Å². The number of nitriles is 1. The van der Waals surface area contributed by atoms with Gasteiger partial charge in [-0.3, -0.25) is 0 Å². The van der Waals surface area contributed by atoms with Gasteiger partial charge in [0.05, 0.1) is 12.1 Å². The molecule has 1 heterocycles. The van der Waals surface area contributed by atoms with E-state index in [1.54, 1.807) is 18.3 Å².